The highest BCUT2D eigenvalue weighted by molar-refractivity contribution is 7.89. The van der Waals surface area contributed by atoms with Gasteiger partial charge in [0.15, 0.2) is 0 Å². The lowest BCUT2D eigenvalue weighted by molar-refractivity contribution is -0.135. The van der Waals surface area contributed by atoms with Gasteiger partial charge in [0.25, 0.3) is 0 Å². The quantitative estimate of drug-likeness (QED) is 0.766. The molecule has 3 heterocycles. The fourth-order valence-corrected chi connectivity index (χ4v) is 5.95. The fourth-order valence-electron chi connectivity index (χ4n) is 4.43. The first kappa shape index (κ1) is 19.4. The zero-order valence-corrected chi connectivity index (χ0v) is 16.9. The Kier molecular flexibility index (Phi) is 5.42. The molecule has 1 unspecified atom stereocenters. The lowest BCUT2D eigenvalue weighted by Crippen LogP contribution is -2.46. The molecule has 0 aromatic heterocycles. The van der Waals surface area contributed by atoms with E-state index in [2.05, 4.69) is 0 Å². The van der Waals surface area contributed by atoms with Crippen LogP contribution in [0.1, 0.15) is 38.5 Å². The minimum Gasteiger partial charge on any atom is -0.342 e. The van der Waals surface area contributed by atoms with Crippen LogP contribution in [0.5, 0.6) is 0 Å². The normalized spacial score (nSPS) is 24.1. The van der Waals surface area contributed by atoms with E-state index in [-0.39, 0.29) is 29.2 Å². The Bertz CT molecular complexity index is 847. The predicted molar refractivity (Wildman–Crippen MR) is 105 cm³/mol. The van der Waals surface area contributed by atoms with E-state index in [1.807, 2.05) is 4.90 Å². The molecule has 7 nitrogen and oxygen atoms in total. The van der Waals surface area contributed by atoms with Crippen LogP contribution in [0, 0.1) is 5.92 Å². The molecule has 0 radical (unpaired) electrons. The van der Waals surface area contributed by atoms with Gasteiger partial charge in [-0.25, -0.2) is 8.42 Å². The summed E-state index contributed by atoms with van der Waals surface area (Å²) in [5, 5.41) is 0. The van der Waals surface area contributed by atoms with Gasteiger partial charge >= 0.3 is 0 Å². The van der Waals surface area contributed by atoms with E-state index in [0.717, 1.165) is 44.5 Å². The average molecular weight is 406 g/mol. The van der Waals surface area contributed by atoms with Gasteiger partial charge in [-0.05, 0) is 56.4 Å². The molecule has 1 aromatic rings. The number of carbonyl (C=O) groups excluding carboxylic acids is 2. The molecule has 1 atom stereocenters. The maximum Gasteiger partial charge on any atom is 0.243 e. The van der Waals surface area contributed by atoms with Crippen LogP contribution in [-0.2, 0) is 19.6 Å². The van der Waals surface area contributed by atoms with Crippen LogP contribution in [0.2, 0.25) is 0 Å². The third-order valence-corrected chi connectivity index (χ3v) is 7.89. The largest absolute Gasteiger partial charge is 0.342 e. The van der Waals surface area contributed by atoms with Gasteiger partial charge in [0.05, 0.1) is 10.8 Å². The number of sulfonamides is 1. The summed E-state index contributed by atoms with van der Waals surface area (Å²) in [6, 6.07) is 6.55. The highest BCUT2D eigenvalue weighted by Gasteiger charge is 2.35. The van der Waals surface area contributed by atoms with Gasteiger partial charge in [0, 0.05) is 44.8 Å². The molecule has 3 fully saturated rings. The van der Waals surface area contributed by atoms with Crippen molar-refractivity contribution >= 4 is 27.5 Å². The monoisotopic (exact) mass is 405 g/mol. The Morgan fingerprint density at radius 1 is 0.929 bits per heavy atom. The van der Waals surface area contributed by atoms with Gasteiger partial charge in [0.1, 0.15) is 0 Å². The number of hydrogen-bond acceptors (Lipinski definition) is 4. The summed E-state index contributed by atoms with van der Waals surface area (Å²) in [5.41, 5.74) is 0.738. The Hall–Kier alpha value is -1.93. The molecular weight excluding hydrogens is 378 g/mol. The van der Waals surface area contributed by atoms with Crippen molar-refractivity contribution in [3.8, 4) is 0 Å². The SMILES string of the molecule is O=C(C1CCCN(S(=O)(=O)c2ccc(N3CCCC3=O)cc2)C1)N1CCCC1. The molecule has 0 spiro atoms. The number of rotatable bonds is 4. The maximum atomic E-state index is 13.1. The zero-order chi connectivity index (χ0) is 19.7. The smallest absolute Gasteiger partial charge is 0.243 e. The first-order valence-corrected chi connectivity index (χ1v) is 11.6. The van der Waals surface area contributed by atoms with Crippen molar-refractivity contribution in [2.24, 2.45) is 5.92 Å². The molecule has 152 valence electrons. The number of likely N-dealkylation sites (tertiary alicyclic amines) is 1. The minimum atomic E-state index is -3.65. The molecule has 0 bridgehead atoms. The molecule has 4 rings (SSSR count). The topological polar surface area (TPSA) is 78.0 Å². The Morgan fingerprint density at radius 2 is 1.64 bits per heavy atom. The summed E-state index contributed by atoms with van der Waals surface area (Å²) in [7, 11) is -3.65. The number of carbonyl (C=O) groups is 2. The van der Waals surface area contributed by atoms with Gasteiger partial charge in [-0.3, -0.25) is 9.59 Å². The minimum absolute atomic E-state index is 0.0786. The summed E-state index contributed by atoms with van der Waals surface area (Å²) in [5.74, 6) is -0.0710. The molecule has 3 aliphatic heterocycles. The number of benzene rings is 1. The van der Waals surface area contributed by atoms with Gasteiger partial charge in [0.2, 0.25) is 21.8 Å². The van der Waals surface area contributed by atoms with Gasteiger partial charge in [-0.2, -0.15) is 4.31 Å². The lowest BCUT2D eigenvalue weighted by Gasteiger charge is -2.33. The second kappa shape index (κ2) is 7.83. The van der Waals surface area contributed by atoms with Gasteiger partial charge < -0.3 is 9.80 Å². The number of amides is 2. The molecule has 0 N–H and O–H groups in total. The van der Waals surface area contributed by atoms with E-state index in [9.17, 15) is 18.0 Å². The zero-order valence-electron chi connectivity index (χ0n) is 16.0. The molecule has 8 heteroatoms. The second-order valence-electron chi connectivity index (χ2n) is 7.88. The number of hydrogen-bond donors (Lipinski definition) is 0. The molecule has 28 heavy (non-hydrogen) atoms. The lowest BCUT2D eigenvalue weighted by atomic mass is 9.98. The molecule has 0 saturated carbocycles. The molecule has 3 aliphatic rings. The van der Waals surface area contributed by atoms with Crippen molar-refractivity contribution in [1.82, 2.24) is 9.21 Å². The summed E-state index contributed by atoms with van der Waals surface area (Å²) < 4.78 is 27.6. The Labute approximate surface area is 166 Å². The standard InChI is InChI=1S/C20H27N3O4S/c24-19-6-4-14-23(19)17-7-9-18(10-8-17)28(26,27)22-13-3-5-16(15-22)20(25)21-11-1-2-12-21/h7-10,16H,1-6,11-15H2. The highest BCUT2D eigenvalue weighted by Crippen LogP contribution is 2.28. The Morgan fingerprint density at radius 3 is 2.29 bits per heavy atom. The molecule has 3 saturated heterocycles. The molecule has 0 aliphatic carbocycles. The van der Waals surface area contributed by atoms with Crippen LogP contribution >= 0.6 is 0 Å². The predicted octanol–water partition coefficient (Wildman–Crippen LogP) is 1.84. The highest BCUT2D eigenvalue weighted by atomic mass is 32.2. The summed E-state index contributed by atoms with van der Waals surface area (Å²) >= 11 is 0. The molecular formula is C20H27N3O4S. The number of nitrogens with zero attached hydrogens (tertiary/aromatic N) is 3. The fraction of sp³-hybridized carbons (Fsp3) is 0.600. The van der Waals surface area contributed by atoms with Crippen molar-refractivity contribution in [3.05, 3.63) is 24.3 Å². The van der Waals surface area contributed by atoms with E-state index in [1.54, 1.807) is 29.2 Å². The van der Waals surface area contributed by atoms with Crippen LogP contribution in [-0.4, -0.2) is 62.2 Å². The van der Waals surface area contributed by atoms with Crippen LogP contribution in [0.25, 0.3) is 0 Å². The average Bonchev–Trinajstić information content (AvgIpc) is 3.39. The summed E-state index contributed by atoms with van der Waals surface area (Å²) in [4.78, 5) is 28.4. The molecule has 2 amide bonds. The second-order valence-corrected chi connectivity index (χ2v) is 9.82. The van der Waals surface area contributed by atoms with Crippen molar-refractivity contribution in [1.29, 1.82) is 0 Å². The molecule has 1 aromatic carbocycles. The maximum absolute atomic E-state index is 13.1. The van der Waals surface area contributed by atoms with Crippen LogP contribution in [0.4, 0.5) is 5.69 Å². The third-order valence-electron chi connectivity index (χ3n) is 6.01. The van der Waals surface area contributed by atoms with E-state index in [4.69, 9.17) is 0 Å². The van der Waals surface area contributed by atoms with Crippen LogP contribution < -0.4 is 4.90 Å². The summed E-state index contributed by atoms with van der Waals surface area (Å²) in [6.07, 6.45) is 4.89. The van der Waals surface area contributed by atoms with Crippen LogP contribution in [0.3, 0.4) is 0 Å². The van der Waals surface area contributed by atoms with Crippen molar-refractivity contribution in [3.63, 3.8) is 0 Å². The van der Waals surface area contributed by atoms with Crippen molar-refractivity contribution in [2.75, 3.05) is 37.6 Å². The van der Waals surface area contributed by atoms with E-state index in [1.165, 1.54) is 4.31 Å². The number of anilines is 1. The number of piperidine rings is 1. The first-order chi connectivity index (χ1) is 13.5. The third kappa shape index (κ3) is 3.67. The van der Waals surface area contributed by atoms with Crippen LogP contribution in [0.15, 0.2) is 29.2 Å². The van der Waals surface area contributed by atoms with Gasteiger partial charge in [-0.15, -0.1) is 0 Å². The van der Waals surface area contributed by atoms with Gasteiger partial charge in [-0.1, -0.05) is 0 Å². The Balaban J connectivity index is 1.47. The van der Waals surface area contributed by atoms with Crippen molar-refractivity contribution in [2.45, 2.75) is 43.4 Å². The van der Waals surface area contributed by atoms with E-state index in [0.29, 0.717) is 25.9 Å². The van der Waals surface area contributed by atoms with Crippen molar-refractivity contribution < 1.29 is 18.0 Å². The van der Waals surface area contributed by atoms with E-state index < -0.39 is 10.0 Å². The summed E-state index contributed by atoms with van der Waals surface area (Å²) in [6.45, 7) is 2.96. The van der Waals surface area contributed by atoms with E-state index >= 15 is 0 Å². The first-order valence-electron chi connectivity index (χ1n) is 10.2.